The van der Waals surface area contributed by atoms with Crippen LogP contribution in [0.5, 0.6) is 0 Å². The third-order valence-electron chi connectivity index (χ3n) is 8.48. The van der Waals surface area contributed by atoms with Gasteiger partial charge in [0.1, 0.15) is 5.82 Å². The van der Waals surface area contributed by atoms with Gasteiger partial charge in [0.05, 0.1) is 0 Å². The van der Waals surface area contributed by atoms with E-state index in [-0.39, 0.29) is 29.2 Å². The van der Waals surface area contributed by atoms with Crippen molar-refractivity contribution in [3.63, 3.8) is 0 Å². The molecule has 0 radical (unpaired) electrons. The van der Waals surface area contributed by atoms with E-state index in [9.17, 15) is 9.18 Å². The summed E-state index contributed by atoms with van der Waals surface area (Å²) in [6.07, 6.45) is 9.95. The molecule has 5 heteroatoms. The third-order valence-corrected chi connectivity index (χ3v) is 8.48. The number of aliphatic imine (C=N–C) groups is 1. The molecule has 3 rings (SSSR count). The second-order valence-corrected chi connectivity index (χ2v) is 12.6. The number of rotatable bonds is 10. The Bertz CT molecular complexity index is 1080. The van der Waals surface area contributed by atoms with Crippen molar-refractivity contribution >= 4 is 11.6 Å². The van der Waals surface area contributed by atoms with E-state index in [4.69, 9.17) is 4.99 Å². The summed E-state index contributed by atoms with van der Waals surface area (Å²) in [6, 6.07) is 7.36. The maximum atomic E-state index is 13.6. The molecule has 1 amide bonds. The van der Waals surface area contributed by atoms with E-state index in [1.54, 1.807) is 12.1 Å². The minimum absolute atomic E-state index is 0.153. The van der Waals surface area contributed by atoms with Crippen LogP contribution in [0.4, 0.5) is 4.39 Å². The van der Waals surface area contributed by atoms with Crippen molar-refractivity contribution in [2.75, 3.05) is 19.6 Å². The average Bonchev–Trinajstić information content (AvgIpc) is 2.84. The molecule has 0 unspecified atom stereocenters. The minimum atomic E-state index is -0.374. The van der Waals surface area contributed by atoms with Crippen LogP contribution in [-0.4, -0.2) is 53.1 Å². The summed E-state index contributed by atoms with van der Waals surface area (Å²) < 4.78 is 13.6. The lowest BCUT2D eigenvalue weighted by Crippen LogP contribution is -2.59. The fraction of sp³-hybridized carbons (Fsp3) is 0.647. The van der Waals surface area contributed by atoms with E-state index in [1.807, 2.05) is 26.8 Å². The highest BCUT2D eigenvalue weighted by Crippen LogP contribution is 2.40. The molecule has 39 heavy (non-hydrogen) atoms. The van der Waals surface area contributed by atoms with Gasteiger partial charge in [0.2, 0.25) is 5.91 Å². The lowest BCUT2D eigenvalue weighted by Gasteiger charge is -2.48. The number of hydrogen-bond donors (Lipinski definition) is 0. The van der Waals surface area contributed by atoms with E-state index in [1.165, 1.54) is 47.9 Å². The third kappa shape index (κ3) is 7.83. The molecule has 0 N–H and O–H groups in total. The number of allylic oxidation sites excluding steroid dienone is 4. The van der Waals surface area contributed by atoms with Crippen molar-refractivity contribution in [1.82, 2.24) is 9.80 Å². The molecule has 2 fully saturated rings. The van der Waals surface area contributed by atoms with Gasteiger partial charge >= 0.3 is 0 Å². The average molecular weight is 538 g/mol. The number of nitrogens with zero attached hydrogens (tertiary/aromatic N) is 3. The maximum absolute atomic E-state index is 13.6. The molecule has 1 heterocycles. The predicted octanol–water partition coefficient (Wildman–Crippen LogP) is 7.99. The standard InChI is InChI=1S/C34H52FN3O/c1-9-30(28-17-14-18-28)32(31(36-10-2)20-12-11-15-27-16-13-19-29(35)21-27)26(5)37-22-25(4)38(23-24(37)3)33(39)34(6,7)8/h9,13,16,19,21,24-25,28H,10-12,14-15,17-18,20,22-23H2,1-8H3/b30-9-,32-26+,36-31?/t24-,25+/m0/s1. The molecule has 0 aromatic heterocycles. The van der Waals surface area contributed by atoms with Crippen LogP contribution in [0.15, 0.2) is 52.2 Å². The summed E-state index contributed by atoms with van der Waals surface area (Å²) >= 11 is 0. The molecule has 0 spiro atoms. The van der Waals surface area contributed by atoms with Gasteiger partial charge in [-0.1, -0.05) is 45.4 Å². The van der Waals surface area contributed by atoms with Gasteiger partial charge < -0.3 is 9.80 Å². The zero-order chi connectivity index (χ0) is 28.7. The smallest absolute Gasteiger partial charge is 0.228 e. The molecule has 216 valence electrons. The van der Waals surface area contributed by atoms with Crippen LogP contribution in [-0.2, 0) is 11.2 Å². The first-order valence-electron chi connectivity index (χ1n) is 15.2. The number of amides is 1. The number of carbonyl (C=O) groups is 1. The summed E-state index contributed by atoms with van der Waals surface area (Å²) in [5, 5.41) is 0. The van der Waals surface area contributed by atoms with Gasteiger partial charge in [0, 0.05) is 54.1 Å². The fourth-order valence-electron chi connectivity index (χ4n) is 6.13. The van der Waals surface area contributed by atoms with Gasteiger partial charge in [-0.2, -0.15) is 0 Å². The van der Waals surface area contributed by atoms with Crippen LogP contribution < -0.4 is 0 Å². The van der Waals surface area contributed by atoms with E-state index in [0.29, 0.717) is 5.92 Å². The van der Waals surface area contributed by atoms with Gasteiger partial charge in [0.25, 0.3) is 0 Å². The number of unbranched alkanes of at least 4 members (excludes halogenated alkanes) is 1. The summed E-state index contributed by atoms with van der Waals surface area (Å²) in [6.45, 7) is 19.4. The van der Waals surface area contributed by atoms with Gasteiger partial charge in [0.15, 0.2) is 0 Å². The second-order valence-electron chi connectivity index (χ2n) is 12.6. The Kier molecular flexibility index (Phi) is 11.0. The molecule has 2 aliphatic rings. The first-order valence-corrected chi connectivity index (χ1v) is 15.2. The predicted molar refractivity (Wildman–Crippen MR) is 163 cm³/mol. The van der Waals surface area contributed by atoms with Crippen LogP contribution in [0, 0.1) is 17.2 Å². The highest BCUT2D eigenvalue weighted by molar-refractivity contribution is 6.04. The number of halogens is 1. The quantitative estimate of drug-likeness (QED) is 0.172. The number of benzene rings is 1. The number of piperazine rings is 1. The van der Waals surface area contributed by atoms with Gasteiger partial charge in [-0.05, 0) is 102 Å². The Balaban J connectivity index is 1.87. The summed E-state index contributed by atoms with van der Waals surface area (Å²) in [7, 11) is 0. The Labute approximate surface area is 237 Å². The second kappa shape index (κ2) is 13.8. The Morgan fingerprint density at radius 3 is 2.33 bits per heavy atom. The van der Waals surface area contributed by atoms with E-state index >= 15 is 0 Å². The zero-order valence-corrected chi connectivity index (χ0v) is 25.8. The molecule has 1 aromatic rings. The highest BCUT2D eigenvalue weighted by Gasteiger charge is 2.38. The zero-order valence-electron chi connectivity index (χ0n) is 25.8. The van der Waals surface area contributed by atoms with Crippen molar-refractivity contribution in [2.24, 2.45) is 16.3 Å². The van der Waals surface area contributed by atoms with Gasteiger partial charge in [-0.3, -0.25) is 9.79 Å². The van der Waals surface area contributed by atoms with Crippen molar-refractivity contribution in [3.8, 4) is 0 Å². The lowest BCUT2D eigenvalue weighted by atomic mass is 9.74. The van der Waals surface area contributed by atoms with Crippen LogP contribution in [0.3, 0.4) is 0 Å². The Morgan fingerprint density at radius 1 is 1.10 bits per heavy atom. The van der Waals surface area contributed by atoms with E-state index in [2.05, 4.69) is 50.5 Å². The van der Waals surface area contributed by atoms with Crippen molar-refractivity contribution in [2.45, 2.75) is 112 Å². The molecular formula is C34H52FN3O. The van der Waals surface area contributed by atoms with Gasteiger partial charge in [-0.25, -0.2) is 4.39 Å². The van der Waals surface area contributed by atoms with E-state index in [0.717, 1.165) is 50.9 Å². The van der Waals surface area contributed by atoms with Gasteiger partial charge in [-0.15, -0.1) is 0 Å². The molecule has 1 aliphatic carbocycles. The molecular weight excluding hydrogens is 485 g/mol. The topological polar surface area (TPSA) is 35.9 Å². The van der Waals surface area contributed by atoms with Crippen LogP contribution in [0.25, 0.3) is 0 Å². The molecule has 1 saturated heterocycles. The molecule has 0 bridgehead atoms. The number of aryl methyl sites for hydroxylation is 1. The van der Waals surface area contributed by atoms with Crippen LogP contribution in [0.2, 0.25) is 0 Å². The largest absolute Gasteiger partial charge is 0.368 e. The number of carbonyl (C=O) groups excluding carboxylic acids is 1. The van der Waals surface area contributed by atoms with Crippen LogP contribution >= 0.6 is 0 Å². The normalized spacial score (nSPS) is 22.1. The Hall–Kier alpha value is -2.43. The summed E-state index contributed by atoms with van der Waals surface area (Å²) in [4.78, 5) is 22.9. The number of hydrogen-bond acceptors (Lipinski definition) is 3. The van der Waals surface area contributed by atoms with Crippen LogP contribution in [0.1, 0.15) is 99.5 Å². The lowest BCUT2D eigenvalue weighted by molar-refractivity contribution is -0.145. The SMILES string of the molecule is C/C=C(\C(C(CCCCc1cccc(F)c1)=NCC)=C(\C)N1C[C@@H](C)N(C(=O)C(C)(C)C)C[C@@H]1C)C1CCC1. The molecule has 1 saturated carbocycles. The van der Waals surface area contributed by atoms with Crippen molar-refractivity contribution in [1.29, 1.82) is 0 Å². The van der Waals surface area contributed by atoms with Crippen molar-refractivity contribution < 1.29 is 9.18 Å². The summed E-state index contributed by atoms with van der Waals surface area (Å²) in [5.41, 5.74) is 5.98. The minimum Gasteiger partial charge on any atom is -0.368 e. The summed E-state index contributed by atoms with van der Waals surface area (Å²) in [5.74, 6) is 0.678. The molecule has 1 aromatic carbocycles. The monoisotopic (exact) mass is 537 g/mol. The molecule has 2 atom stereocenters. The Morgan fingerprint density at radius 2 is 1.77 bits per heavy atom. The highest BCUT2D eigenvalue weighted by atomic mass is 19.1. The van der Waals surface area contributed by atoms with E-state index < -0.39 is 0 Å². The fourth-order valence-corrected chi connectivity index (χ4v) is 6.13. The first kappa shape index (κ1) is 31.1. The molecule has 4 nitrogen and oxygen atoms in total. The maximum Gasteiger partial charge on any atom is 0.228 e. The first-order chi connectivity index (χ1) is 18.5. The van der Waals surface area contributed by atoms with Crippen molar-refractivity contribution in [3.05, 3.63) is 58.6 Å². The molecule has 1 aliphatic heterocycles.